The van der Waals surface area contributed by atoms with Crippen molar-refractivity contribution in [2.75, 3.05) is 6.61 Å². The summed E-state index contributed by atoms with van der Waals surface area (Å²) in [5, 5.41) is 1.09. The number of halogens is 1. The molecule has 0 N–H and O–H groups in total. The number of ether oxygens (including phenoxy) is 1. The van der Waals surface area contributed by atoms with Crippen LogP contribution in [0.5, 0.6) is 0 Å². The van der Waals surface area contributed by atoms with Gasteiger partial charge in [0.1, 0.15) is 17.5 Å². The summed E-state index contributed by atoms with van der Waals surface area (Å²) in [6.45, 7) is 8.56. The van der Waals surface area contributed by atoms with Crippen molar-refractivity contribution in [2.45, 2.75) is 44.5 Å². The topological polar surface area (TPSA) is 51.5 Å². The summed E-state index contributed by atoms with van der Waals surface area (Å²) in [7, 11) is 0. The summed E-state index contributed by atoms with van der Waals surface area (Å²) in [6, 6.07) is 21.8. The van der Waals surface area contributed by atoms with E-state index in [0.717, 1.165) is 27.7 Å². The minimum atomic E-state index is -0.603. The smallest absolute Gasteiger partial charge is 0.417 e. The molecule has 4 aromatic rings. The van der Waals surface area contributed by atoms with Crippen LogP contribution in [0.3, 0.4) is 0 Å². The van der Waals surface area contributed by atoms with Crippen molar-refractivity contribution in [3.05, 3.63) is 101 Å². The van der Waals surface area contributed by atoms with Crippen molar-refractivity contribution in [2.24, 2.45) is 0 Å². The first kappa shape index (κ1) is 24.3. The molecular formula is C30H29BrN2O3. The number of benzene rings is 3. The fourth-order valence-corrected chi connectivity index (χ4v) is 5.90. The summed E-state index contributed by atoms with van der Waals surface area (Å²) in [5.74, 6) is -0.488. The highest BCUT2D eigenvalue weighted by molar-refractivity contribution is 9.10. The van der Waals surface area contributed by atoms with Gasteiger partial charge in [0.2, 0.25) is 5.91 Å². The molecule has 0 radical (unpaired) electrons. The number of cyclic esters (lactones) is 1. The maximum atomic E-state index is 13.7. The van der Waals surface area contributed by atoms with Crippen LogP contribution in [-0.4, -0.2) is 32.9 Å². The molecule has 0 saturated carbocycles. The molecule has 36 heavy (non-hydrogen) atoms. The second kappa shape index (κ2) is 9.58. The van der Waals surface area contributed by atoms with E-state index in [0.29, 0.717) is 0 Å². The summed E-state index contributed by atoms with van der Waals surface area (Å²) in [6.07, 6.45) is 1.54. The molecule has 0 spiro atoms. The Labute approximate surface area is 219 Å². The van der Waals surface area contributed by atoms with Crippen LogP contribution in [0.4, 0.5) is 4.79 Å². The number of carbonyl (C=O) groups is 2. The lowest BCUT2D eigenvalue weighted by Crippen LogP contribution is -2.40. The predicted octanol–water partition coefficient (Wildman–Crippen LogP) is 7.14. The number of fused-ring (bicyclic) bond motifs is 1. The lowest BCUT2D eigenvalue weighted by Gasteiger charge is -2.25. The molecule has 2 amide bonds. The normalized spacial score (nSPS) is 17.3. The van der Waals surface area contributed by atoms with Crippen LogP contribution < -0.4 is 0 Å². The molecule has 6 heteroatoms. The standard InChI is InChI=1S/C30H29BrN2O3/c1-18-14-19(2)28(20(3)15-18)32-16-24(23-12-8-9-13-25(23)32)21(4)27(31)29(34)33-26(17-36-30(33)35)22-10-6-5-7-11-22/h5-16,21,26-27H,17H2,1-4H3. The minimum Gasteiger partial charge on any atom is -0.446 e. The third-order valence-electron chi connectivity index (χ3n) is 7.08. The monoisotopic (exact) mass is 544 g/mol. The number of hydrogen-bond acceptors (Lipinski definition) is 3. The van der Waals surface area contributed by atoms with Crippen LogP contribution in [0.25, 0.3) is 16.6 Å². The van der Waals surface area contributed by atoms with Gasteiger partial charge in [-0.25, -0.2) is 9.69 Å². The molecule has 184 valence electrons. The molecule has 3 unspecified atom stereocenters. The highest BCUT2D eigenvalue weighted by atomic mass is 79.9. The second-order valence-electron chi connectivity index (χ2n) is 9.62. The van der Waals surface area contributed by atoms with Crippen LogP contribution in [0.1, 0.15) is 46.7 Å². The van der Waals surface area contributed by atoms with Gasteiger partial charge >= 0.3 is 6.09 Å². The zero-order valence-corrected chi connectivity index (χ0v) is 22.5. The van der Waals surface area contributed by atoms with E-state index in [4.69, 9.17) is 4.74 Å². The predicted molar refractivity (Wildman–Crippen MR) is 146 cm³/mol. The Morgan fingerprint density at radius 3 is 2.33 bits per heavy atom. The maximum absolute atomic E-state index is 13.7. The Kier molecular flexibility index (Phi) is 6.47. The van der Waals surface area contributed by atoms with Crippen LogP contribution in [0.2, 0.25) is 0 Å². The van der Waals surface area contributed by atoms with E-state index < -0.39 is 17.0 Å². The number of rotatable bonds is 5. The molecule has 3 atom stereocenters. The SMILES string of the molecule is Cc1cc(C)c(-n2cc(C(C)C(Br)C(=O)N3C(=O)OCC3c3ccccc3)c3ccccc32)c(C)c1. The fraction of sp³-hybridized carbons (Fsp3) is 0.267. The Hall–Kier alpha value is -3.38. The molecule has 1 fully saturated rings. The molecule has 1 aliphatic heterocycles. The summed E-state index contributed by atoms with van der Waals surface area (Å²) < 4.78 is 7.53. The molecule has 3 aromatic carbocycles. The van der Waals surface area contributed by atoms with E-state index in [1.165, 1.54) is 21.6 Å². The van der Waals surface area contributed by atoms with E-state index in [1.807, 2.05) is 49.4 Å². The molecule has 2 heterocycles. The second-order valence-corrected chi connectivity index (χ2v) is 10.6. The zero-order valence-electron chi connectivity index (χ0n) is 20.9. The van der Waals surface area contributed by atoms with Crippen LogP contribution in [0, 0.1) is 20.8 Å². The van der Waals surface area contributed by atoms with Crippen LogP contribution >= 0.6 is 15.9 Å². The van der Waals surface area contributed by atoms with Gasteiger partial charge in [0.25, 0.3) is 0 Å². The van der Waals surface area contributed by atoms with Gasteiger partial charge in [-0.3, -0.25) is 4.79 Å². The van der Waals surface area contributed by atoms with E-state index in [9.17, 15) is 9.59 Å². The van der Waals surface area contributed by atoms with Gasteiger partial charge in [0.15, 0.2) is 0 Å². The highest BCUT2D eigenvalue weighted by Crippen LogP contribution is 2.38. The lowest BCUT2D eigenvalue weighted by atomic mass is 9.96. The lowest BCUT2D eigenvalue weighted by molar-refractivity contribution is -0.128. The molecule has 5 nitrogen and oxygen atoms in total. The first-order chi connectivity index (χ1) is 17.3. The first-order valence-corrected chi connectivity index (χ1v) is 13.1. The van der Waals surface area contributed by atoms with Gasteiger partial charge in [0, 0.05) is 17.5 Å². The molecule has 5 rings (SSSR count). The average Bonchev–Trinajstić information content (AvgIpc) is 3.44. The number of carbonyl (C=O) groups excluding carboxylic acids is 2. The molecule has 1 aromatic heterocycles. The summed E-state index contributed by atoms with van der Waals surface area (Å²) >= 11 is 3.66. The van der Waals surface area contributed by atoms with Crippen molar-refractivity contribution in [1.29, 1.82) is 0 Å². The quantitative estimate of drug-likeness (QED) is 0.251. The minimum absolute atomic E-state index is 0.161. The third kappa shape index (κ3) is 4.13. The fourth-order valence-electron chi connectivity index (χ4n) is 5.40. The van der Waals surface area contributed by atoms with Crippen LogP contribution in [-0.2, 0) is 9.53 Å². The average molecular weight is 545 g/mol. The van der Waals surface area contributed by atoms with E-state index in [-0.39, 0.29) is 18.4 Å². The van der Waals surface area contributed by atoms with Crippen LogP contribution in [0.15, 0.2) is 72.9 Å². The first-order valence-electron chi connectivity index (χ1n) is 12.1. The Morgan fingerprint density at radius 2 is 1.64 bits per heavy atom. The Bertz CT molecular complexity index is 1440. The Balaban J connectivity index is 1.53. The number of aromatic nitrogens is 1. The largest absolute Gasteiger partial charge is 0.446 e. The van der Waals surface area contributed by atoms with Gasteiger partial charge in [-0.2, -0.15) is 0 Å². The maximum Gasteiger partial charge on any atom is 0.417 e. The summed E-state index contributed by atoms with van der Waals surface area (Å²) in [5.41, 5.74) is 7.79. The van der Waals surface area contributed by atoms with Crippen molar-refractivity contribution in [3.63, 3.8) is 0 Å². The van der Waals surface area contributed by atoms with E-state index in [1.54, 1.807) is 0 Å². The third-order valence-corrected chi connectivity index (χ3v) is 8.26. The number of imide groups is 1. The van der Waals surface area contributed by atoms with Gasteiger partial charge in [-0.1, -0.05) is 89.1 Å². The van der Waals surface area contributed by atoms with Gasteiger partial charge < -0.3 is 9.30 Å². The Morgan fingerprint density at radius 1 is 1.00 bits per heavy atom. The van der Waals surface area contributed by atoms with Crippen molar-refractivity contribution < 1.29 is 14.3 Å². The van der Waals surface area contributed by atoms with Crippen molar-refractivity contribution in [3.8, 4) is 5.69 Å². The summed E-state index contributed by atoms with van der Waals surface area (Å²) in [4.78, 5) is 27.0. The molecule has 0 bridgehead atoms. The molecular weight excluding hydrogens is 516 g/mol. The van der Waals surface area contributed by atoms with Gasteiger partial charge in [0.05, 0.1) is 11.2 Å². The number of nitrogens with zero attached hydrogens (tertiary/aromatic N) is 2. The number of para-hydroxylation sites is 1. The van der Waals surface area contributed by atoms with Crippen molar-refractivity contribution >= 4 is 38.8 Å². The molecule has 1 saturated heterocycles. The number of amides is 2. The highest BCUT2D eigenvalue weighted by Gasteiger charge is 2.42. The molecule has 0 aliphatic carbocycles. The zero-order chi connectivity index (χ0) is 25.6. The van der Waals surface area contributed by atoms with E-state index >= 15 is 0 Å². The number of hydrogen-bond donors (Lipinski definition) is 0. The number of aryl methyl sites for hydroxylation is 3. The van der Waals surface area contributed by atoms with Gasteiger partial charge in [-0.05, 0) is 49.1 Å². The number of alkyl halides is 1. The molecule has 1 aliphatic rings. The van der Waals surface area contributed by atoms with E-state index in [2.05, 4.69) is 71.7 Å². The van der Waals surface area contributed by atoms with Gasteiger partial charge in [-0.15, -0.1) is 0 Å². The van der Waals surface area contributed by atoms with Crippen molar-refractivity contribution in [1.82, 2.24) is 9.47 Å².